The van der Waals surface area contributed by atoms with Crippen LogP contribution in [0.3, 0.4) is 0 Å². The molecule has 0 atom stereocenters. The van der Waals surface area contributed by atoms with Crippen molar-refractivity contribution in [2.24, 2.45) is 0 Å². The topological polar surface area (TPSA) is 93.2 Å². The van der Waals surface area contributed by atoms with Gasteiger partial charge in [0.25, 0.3) is 5.69 Å². The van der Waals surface area contributed by atoms with Crippen molar-refractivity contribution in [2.75, 3.05) is 31.1 Å². The van der Waals surface area contributed by atoms with Crippen molar-refractivity contribution in [1.29, 1.82) is 0 Å². The molecule has 0 unspecified atom stereocenters. The molecule has 4 rings (SSSR count). The number of benzene rings is 1. The third-order valence-corrected chi connectivity index (χ3v) is 4.97. The summed E-state index contributed by atoms with van der Waals surface area (Å²) >= 11 is 0. The largest absolute Gasteiger partial charge is 0.417 e. The van der Waals surface area contributed by atoms with Crippen molar-refractivity contribution in [2.45, 2.75) is 12.8 Å². The molecule has 3 heterocycles. The first-order valence-electron chi connectivity index (χ1n) is 9.44. The van der Waals surface area contributed by atoms with Crippen molar-refractivity contribution >= 4 is 11.5 Å². The summed E-state index contributed by atoms with van der Waals surface area (Å²) in [5.74, 6) is 0.914. The zero-order chi connectivity index (χ0) is 22.0. The van der Waals surface area contributed by atoms with E-state index in [0.29, 0.717) is 50.1 Å². The molecule has 0 spiro atoms. The maximum absolute atomic E-state index is 12.7. The van der Waals surface area contributed by atoms with E-state index in [4.69, 9.17) is 0 Å². The Bertz CT molecular complexity index is 1060. The molecule has 1 aliphatic heterocycles. The number of nitro benzene ring substituents is 1. The van der Waals surface area contributed by atoms with E-state index < -0.39 is 16.7 Å². The Labute approximate surface area is 174 Å². The first-order valence-corrected chi connectivity index (χ1v) is 9.44. The van der Waals surface area contributed by atoms with Crippen LogP contribution in [0.25, 0.3) is 11.4 Å². The third kappa shape index (κ3) is 4.79. The van der Waals surface area contributed by atoms with Gasteiger partial charge in [-0.2, -0.15) is 13.2 Å². The molecule has 0 aliphatic carbocycles. The lowest BCUT2D eigenvalue weighted by atomic mass is 10.2. The first-order chi connectivity index (χ1) is 14.8. The molecule has 1 fully saturated rings. The van der Waals surface area contributed by atoms with Gasteiger partial charge in [0, 0.05) is 50.1 Å². The minimum atomic E-state index is -4.40. The van der Waals surface area contributed by atoms with Crippen molar-refractivity contribution in [3.05, 3.63) is 64.6 Å². The number of rotatable bonds is 5. The zero-order valence-electron chi connectivity index (χ0n) is 16.2. The molecule has 31 heavy (non-hydrogen) atoms. The summed E-state index contributed by atoms with van der Waals surface area (Å²) in [4.78, 5) is 22.7. The number of anilines is 1. The van der Waals surface area contributed by atoms with Gasteiger partial charge in [-0.3, -0.25) is 15.0 Å². The lowest BCUT2D eigenvalue weighted by Gasteiger charge is -2.35. The fourth-order valence-electron chi connectivity index (χ4n) is 3.32. The maximum Gasteiger partial charge on any atom is 0.417 e. The van der Waals surface area contributed by atoms with Crippen molar-refractivity contribution in [3.8, 4) is 11.4 Å². The molecule has 9 nitrogen and oxygen atoms in total. The number of non-ortho nitro benzene ring substituents is 1. The van der Waals surface area contributed by atoms with Gasteiger partial charge in [-0.25, -0.2) is 14.6 Å². The number of alkyl halides is 3. The number of nitro groups is 1. The molecule has 3 aromatic rings. The Morgan fingerprint density at radius 2 is 1.84 bits per heavy atom. The van der Waals surface area contributed by atoms with Gasteiger partial charge in [-0.1, -0.05) is 12.1 Å². The van der Waals surface area contributed by atoms with Crippen LogP contribution in [-0.4, -0.2) is 55.8 Å². The molecule has 0 saturated carbocycles. The summed E-state index contributed by atoms with van der Waals surface area (Å²) < 4.78 is 39.7. The molecule has 1 aromatic carbocycles. The number of hydrogen-bond donors (Lipinski definition) is 0. The highest BCUT2D eigenvalue weighted by atomic mass is 19.4. The molecular formula is C19H18F3N7O2. The Kier molecular flexibility index (Phi) is 5.55. The van der Waals surface area contributed by atoms with E-state index in [0.717, 1.165) is 12.3 Å². The second-order valence-electron chi connectivity index (χ2n) is 7.06. The number of halogens is 3. The zero-order valence-corrected chi connectivity index (χ0v) is 16.2. The molecular weight excluding hydrogens is 415 g/mol. The van der Waals surface area contributed by atoms with Crippen LogP contribution in [0.2, 0.25) is 0 Å². The maximum atomic E-state index is 12.7. The number of piperazine rings is 1. The molecule has 2 aromatic heterocycles. The van der Waals surface area contributed by atoms with E-state index in [1.165, 1.54) is 18.2 Å². The van der Waals surface area contributed by atoms with Gasteiger partial charge in [0.1, 0.15) is 12.1 Å². The summed E-state index contributed by atoms with van der Waals surface area (Å²) in [5.41, 5.74) is -0.228. The molecule has 1 aliphatic rings. The third-order valence-electron chi connectivity index (χ3n) is 4.97. The highest BCUT2D eigenvalue weighted by Gasteiger charge is 2.31. The fraction of sp³-hybridized carbons (Fsp3) is 0.316. The van der Waals surface area contributed by atoms with Crippen molar-refractivity contribution in [3.63, 3.8) is 0 Å². The van der Waals surface area contributed by atoms with Crippen molar-refractivity contribution in [1.82, 2.24) is 24.6 Å². The first kappa shape index (κ1) is 20.7. The predicted octanol–water partition coefficient (Wildman–Crippen LogP) is 3.05. The molecule has 0 N–H and O–H groups in total. The average molecular weight is 433 g/mol. The molecule has 0 bridgehead atoms. The minimum Gasteiger partial charge on any atom is -0.354 e. The Hall–Kier alpha value is -3.54. The van der Waals surface area contributed by atoms with E-state index in [1.54, 1.807) is 23.1 Å². The monoisotopic (exact) mass is 433 g/mol. The molecule has 162 valence electrons. The highest BCUT2D eigenvalue weighted by Crippen LogP contribution is 2.29. The summed E-state index contributed by atoms with van der Waals surface area (Å²) in [6.45, 7) is 3.06. The Balaban J connectivity index is 1.34. The van der Waals surface area contributed by atoms with Gasteiger partial charge < -0.3 is 4.90 Å². The van der Waals surface area contributed by atoms with Crippen molar-refractivity contribution < 1.29 is 18.1 Å². The van der Waals surface area contributed by atoms with Crippen LogP contribution in [0, 0.1) is 10.1 Å². The van der Waals surface area contributed by atoms with E-state index in [9.17, 15) is 23.3 Å². The van der Waals surface area contributed by atoms with E-state index in [1.807, 2.05) is 4.90 Å². The fourth-order valence-corrected chi connectivity index (χ4v) is 3.32. The normalized spacial score (nSPS) is 15.3. The molecule has 12 heteroatoms. The summed E-state index contributed by atoms with van der Waals surface area (Å²) in [6.07, 6.45) is -1.98. The second-order valence-corrected chi connectivity index (χ2v) is 7.06. The van der Waals surface area contributed by atoms with Crippen LogP contribution in [0.15, 0.2) is 48.9 Å². The van der Waals surface area contributed by atoms with Gasteiger partial charge in [0.15, 0.2) is 5.82 Å². The SMILES string of the molecule is O=[N+]([O-])c1cccc(-c2ncn(CN3CCN(c4ccc(C(F)(F)F)cn4)CC3)n2)c1. The predicted molar refractivity (Wildman–Crippen MR) is 105 cm³/mol. The number of pyridine rings is 1. The van der Waals surface area contributed by atoms with Crippen LogP contribution in [0.4, 0.5) is 24.7 Å². The Morgan fingerprint density at radius 1 is 1.06 bits per heavy atom. The van der Waals surface area contributed by atoms with Gasteiger partial charge in [-0.05, 0) is 12.1 Å². The quantitative estimate of drug-likeness (QED) is 0.451. The van der Waals surface area contributed by atoms with Crippen LogP contribution < -0.4 is 4.90 Å². The van der Waals surface area contributed by atoms with E-state index in [2.05, 4.69) is 20.0 Å². The minimum absolute atomic E-state index is 0.0261. The van der Waals surface area contributed by atoms with Gasteiger partial charge >= 0.3 is 6.18 Å². The number of nitrogens with zero attached hydrogens (tertiary/aromatic N) is 7. The Morgan fingerprint density at radius 3 is 2.48 bits per heavy atom. The lowest BCUT2D eigenvalue weighted by molar-refractivity contribution is -0.384. The highest BCUT2D eigenvalue weighted by molar-refractivity contribution is 5.58. The molecule has 0 radical (unpaired) electrons. The summed E-state index contributed by atoms with van der Waals surface area (Å²) in [7, 11) is 0. The number of hydrogen-bond acceptors (Lipinski definition) is 7. The summed E-state index contributed by atoms with van der Waals surface area (Å²) in [6, 6.07) is 8.56. The molecule has 0 amide bonds. The van der Waals surface area contributed by atoms with Crippen LogP contribution in [0.1, 0.15) is 5.56 Å². The smallest absolute Gasteiger partial charge is 0.354 e. The number of aromatic nitrogens is 4. The standard InChI is InChI=1S/C19H18F3N7O2/c20-19(21,22)15-4-5-17(23-11-15)27-8-6-26(7-9-27)13-28-12-24-18(25-28)14-2-1-3-16(10-14)29(30)31/h1-5,10-12H,6-9,13H2. The van der Waals surface area contributed by atoms with E-state index >= 15 is 0 Å². The van der Waals surface area contributed by atoms with Gasteiger partial charge in [0.2, 0.25) is 0 Å². The van der Waals surface area contributed by atoms with Gasteiger partial charge in [-0.15, -0.1) is 5.10 Å². The average Bonchev–Trinajstić information content (AvgIpc) is 3.22. The molecule has 1 saturated heterocycles. The van der Waals surface area contributed by atoms with E-state index in [-0.39, 0.29) is 5.69 Å². The summed E-state index contributed by atoms with van der Waals surface area (Å²) in [5, 5.41) is 15.3. The lowest BCUT2D eigenvalue weighted by Crippen LogP contribution is -2.47. The second kappa shape index (κ2) is 8.30. The van der Waals surface area contributed by atoms with Gasteiger partial charge in [0.05, 0.1) is 17.2 Å². The van der Waals surface area contributed by atoms with Crippen LogP contribution in [-0.2, 0) is 12.8 Å². The van der Waals surface area contributed by atoms with Crippen LogP contribution >= 0.6 is 0 Å². The van der Waals surface area contributed by atoms with Crippen LogP contribution in [0.5, 0.6) is 0 Å².